The fourth-order valence-electron chi connectivity index (χ4n) is 1.78. The van der Waals surface area contributed by atoms with Crippen LogP contribution in [0.4, 0.5) is 0 Å². The number of nitrogens with one attached hydrogen (secondary N) is 1. The van der Waals surface area contributed by atoms with Crippen LogP contribution < -0.4 is 5.32 Å². The number of hydrogen-bond acceptors (Lipinski definition) is 3. The zero-order valence-corrected chi connectivity index (χ0v) is 11.7. The third-order valence-corrected chi connectivity index (χ3v) is 2.93. The maximum atomic E-state index is 9.29. The third kappa shape index (κ3) is 4.90. The van der Waals surface area contributed by atoms with Crippen molar-refractivity contribution in [1.29, 1.82) is 0 Å². The van der Waals surface area contributed by atoms with E-state index >= 15 is 0 Å². The summed E-state index contributed by atoms with van der Waals surface area (Å²) < 4.78 is 0. The molecule has 1 aliphatic rings. The Morgan fingerprint density at radius 3 is 2.47 bits per heavy atom. The van der Waals surface area contributed by atoms with Crippen molar-refractivity contribution in [2.45, 2.75) is 6.54 Å². The highest BCUT2D eigenvalue weighted by Crippen LogP contribution is 2.24. The molecule has 1 aliphatic heterocycles. The molecular formula is C11H17Cl3N2O. The Labute approximate surface area is 119 Å². The predicted octanol–water partition coefficient (Wildman–Crippen LogP) is 2.29. The minimum atomic E-state index is 0. The van der Waals surface area contributed by atoms with Gasteiger partial charge in [0.15, 0.2) is 0 Å². The normalized spacial score (nSPS) is 15.8. The first-order valence-corrected chi connectivity index (χ1v) is 5.54. The number of piperazine rings is 1. The Balaban J connectivity index is 0.00000128. The molecule has 2 rings (SSSR count). The second-order valence-corrected chi connectivity index (χ2v) is 4.22. The lowest BCUT2D eigenvalue weighted by Gasteiger charge is -2.27. The molecule has 3 nitrogen and oxygen atoms in total. The second kappa shape index (κ2) is 8.01. The molecule has 6 heteroatoms. The number of phenolic OH excluding ortho intramolecular Hbond substituents is 1. The molecule has 0 radical (unpaired) electrons. The molecule has 0 amide bonds. The summed E-state index contributed by atoms with van der Waals surface area (Å²) in [5.74, 6) is 0.153. The number of phenols is 1. The number of benzene rings is 1. The highest BCUT2D eigenvalue weighted by atomic mass is 35.5. The largest absolute Gasteiger partial charge is 0.506 e. The lowest BCUT2D eigenvalue weighted by atomic mass is 10.2. The van der Waals surface area contributed by atoms with Gasteiger partial charge in [0.05, 0.1) is 5.02 Å². The minimum Gasteiger partial charge on any atom is -0.506 e. The molecule has 17 heavy (non-hydrogen) atoms. The zero-order chi connectivity index (χ0) is 10.7. The molecule has 0 unspecified atom stereocenters. The van der Waals surface area contributed by atoms with Gasteiger partial charge in [-0.2, -0.15) is 0 Å². The van der Waals surface area contributed by atoms with Crippen LogP contribution in [0.3, 0.4) is 0 Å². The first kappa shape index (κ1) is 16.8. The summed E-state index contributed by atoms with van der Waals surface area (Å²) in [5, 5.41) is 13.0. The van der Waals surface area contributed by atoms with Gasteiger partial charge in [-0.1, -0.05) is 17.7 Å². The van der Waals surface area contributed by atoms with Crippen molar-refractivity contribution in [3.05, 3.63) is 28.8 Å². The molecule has 0 bridgehead atoms. The maximum Gasteiger partial charge on any atom is 0.134 e. The Bertz CT molecular complexity index is 343. The Morgan fingerprint density at radius 2 is 1.88 bits per heavy atom. The number of nitrogens with zero attached hydrogens (tertiary/aromatic N) is 1. The molecule has 1 aromatic rings. The van der Waals surface area contributed by atoms with Crippen LogP contribution >= 0.6 is 36.4 Å². The molecule has 1 heterocycles. The van der Waals surface area contributed by atoms with Crippen molar-refractivity contribution in [2.24, 2.45) is 0 Å². The van der Waals surface area contributed by atoms with Gasteiger partial charge in [0.25, 0.3) is 0 Å². The Morgan fingerprint density at radius 1 is 1.24 bits per heavy atom. The molecule has 0 aliphatic carbocycles. The van der Waals surface area contributed by atoms with E-state index in [9.17, 15) is 5.11 Å². The summed E-state index contributed by atoms with van der Waals surface area (Å²) in [6.07, 6.45) is 0. The smallest absolute Gasteiger partial charge is 0.134 e. The summed E-state index contributed by atoms with van der Waals surface area (Å²) in [7, 11) is 0. The van der Waals surface area contributed by atoms with E-state index in [0.29, 0.717) is 5.02 Å². The number of hydrogen-bond donors (Lipinski definition) is 2. The van der Waals surface area contributed by atoms with Crippen LogP contribution in [0, 0.1) is 0 Å². The average molecular weight is 300 g/mol. The van der Waals surface area contributed by atoms with E-state index in [1.165, 1.54) is 0 Å². The molecule has 1 saturated heterocycles. The summed E-state index contributed by atoms with van der Waals surface area (Å²) in [6.45, 7) is 5.14. The van der Waals surface area contributed by atoms with Crippen molar-refractivity contribution in [1.82, 2.24) is 10.2 Å². The lowest BCUT2D eigenvalue weighted by molar-refractivity contribution is 0.233. The lowest BCUT2D eigenvalue weighted by Crippen LogP contribution is -2.42. The van der Waals surface area contributed by atoms with Crippen LogP contribution in [0.15, 0.2) is 18.2 Å². The molecule has 0 saturated carbocycles. The van der Waals surface area contributed by atoms with Crippen molar-refractivity contribution < 1.29 is 5.11 Å². The van der Waals surface area contributed by atoms with Gasteiger partial charge in [0.2, 0.25) is 0 Å². The summed E-state index contributed by atoms with van der Waals surface area (Å²) in [6, 6.07) is 5.40. The van der Waals surface area contributed by atoms with Gasteiger partial charge in [0, 0.05) is 32.7 Å². The molecular weight excluding hydrogens is 282 g/mol. The first-order valence-electron chi connectivity index (χ1n) is 5.16. The van der Waals surface area contributed by atoms with Crippen LogP contribution in [0.2, 0.25) is 5.02 Å². The van der Waals surface area contributed by atoms with Crippen LogP contribution in [-0.2, 0) is 6.54 Å². The first-order chi connectivity index (χ1) is 7.25. The van der Waals surface area contributed by atoms with Crippen LogP contribution in [0.1, 0.15) is 5.56 Å². The fraction of sp³-hybridized carbons (Fsp3) is 0.455. The van der Waals surface area contributed by atoms with Gasteiger partial charge in [-0.3, -0.25) is 4.90 Å². The highest BCUT2D eigenvalue weighted by Gasteiger charge is 2.10. The van der Waals surface area contributed by atoms with E-state index in [0.717, 1.165) is 38.3 Å². The summed E-state index contributed by atoms with van der Waals surface area (Å²) in [5.41, 5.74) is 1.15. The molecule has 98 valence electrons. The second-order valence-electron chi connectivity index (χ2n) is 3.81. The molecule has 0 atom stereocenters. The summed E-state index contributed by atoms with van der Waals surface area (Å²) >= 11 is 5.85. The summed E-state index contributed by atoms with van der Waals surface area (Å²) in [4.78, 5) is 2.37. The quantitative estimate of drug-likeness (QED) is 0.879. The maximum absolute atomic E-state index is 9.29. The van der Waals surface area contributed by atoms with Crippen molar-refractivity contribution in [3.8, 4) is 5.75 Å². The van der Waals surface area contributed by atoms with Crippen molar-refractivity contribution in [2.75, 3.05) is 26.2 Å². The van der Waals surface area contributed by atoms with Gasteiger partial charge in [-0.05, 0) is 17.7 Å². The van der Waals surface area contributed by atoms with E-state index in [2.05, 4.69) is 10.2 Å². The van der Waals surface area contributed by atoms with Gasteiger partial charge < -0.3 is 10.4 Å². The molecule has 0 spiro atoms. The van der Waals surface area contributed by atoms with Crippen molar-refractivity contribution in [3.63, 3.8) is 0 Å². The fourth-order valence-corrected chi connectivity index (χ4v) is 1.98. The standard InChI is InChI=1S/C11H15ClN2O.2ClH/c12-10-7-9(1-2-11(10)15)8-14-5-3-13-4-6-14;;/h1-2,7,13,15H,3-6,8H2;2*1H. The highest BCUT2D eigenvalue weighted by molar-refractivity contribution is 6.32. The number of halogens is 3. The zero-order valence-electron chi connectivity index (χ0n) is 9.36. The van der Waals surface area contributed by atoms with Crippen LogP contribution in [0.5, 0.6) is 5.75 Å². The van der Waals surface area contributed by atoms with E-state index in [1.54, 1.807) is 6.07 Å². The predicted molar refractivity (Wildman–Crippen MR) is 75.8 cm³/mol. The Kier molecular flexibility index (Phi) is 7.92. The van der Waals surface area contributed by atoms with Gasteiger partial charge in [-0.25, -0.2) is 0 Å². The van der Waals surface area contributed by atoms with E-state index in [4.69, 9.17) is 11.6 Å². The topological polar surface area (TPSA) is 35.5 Å². The van der Waals surface area contributed by atoms with Crippen LogP contribution in [-0.4, -0.2) is 36.2 Å². The minimum absolute atomic E-state index is 0. The molecule has 1 aromatic carbocycles. The third-order valence-electron chi connectivity index (χ3n) is 2.63. The molecule has 0 aromatic heterocycles. The van der Waals surface area contributed by atoms with Crippen molar-refractivity contribution >= 4 is 36.4 Å². The number of rotatable bonds is 2. The van der Waals surface area contributed by atoms with Crippen LogP contribution in [0.25, 0.3) is 0 Å². The molecule has 2 N–H and O–H groups in total. The van der Waals surface area contributed by atoms with E-state index < -0.39 is 0 Å². The van der Waals surface area contributed by atoms with Gasteiger partial charge in [-0.15, -0.1) is 24.8 Å². The van der Waals surface area contributed by atoms with Gasteiger partial charge in [0.1, 0.15) is 5.75 Å². The number of aromatic hydroxyl groups is 1. The Hall–Kier alpha value is -0.190. The average Bonchev–Trinajstić information content (AvgIpc) is 2.25. The van der Waals surface area contributed by atoms with Gasteiger partial charge >= 0.3 is 0 Å². The van der Waals surface area contributed by atoms with E-state index in [-0.39, 0.29) is 30.6 Å². The molecule has 1 fully saturated rings. The van der Waals surface area contributed by atoms with E-state index in [1.807, 2.05) is 12.1 Å². The SMILES string of the molecule is Cl.Cl.Oc1ccc(CN2CCNCC2)cc1Cl. The monoisotopic (exact) mass is 298 g/mol.